The van der Waals surface area contributed by atoms with Crippen LogP contribution >= 0.6 is 0 Å². The molecule has 1 heterocycles. The minimum atomic E-state index is -0.210. The Morgan fingerprint density at radius 2 is 1.90 bits per heavy atom. The number of aromatic nitrogens is 2. The van der Waals surface area contributed by atoms with Crippen LogP contribution in [0.1, 0.15) is 29.7 Å². The SMILES string of the molecule is CCc1ccc([C@@H](CNC(=O)Cn2cnc3c(C)cccc3c2=O)N(C)C)cc1. The van der Waals surface area contributed by atoms with Crippen LogP contribution in [0.3, 0.4) is 0 Å². The third-order valence-electron chi connectivity index (χ3n) is 5.26. The first-order chi connectivity index (χ1) is 13.9. The van der Waals surface area contributed by atoms with E-state index in [1.807, 2.05) is 33.2 Å². The van der Waals surface area contributed by atoms with Crippen LogP contribution in [0, 0.1) is 6.92 Å². The minimum absolute atomic E-state index is 0.0510. The third kappa shape index (κ3) is 4.71. The Morgan fingerprint density at radius 3 is 2.55 bits per heavy atom. The van der Waals surface area contributed by atoms with E-state index in [0.717, 1.165) is 17.5 Å². The lowest BCUT2D eigenvalue weighted by Gasteiger charge is -2.25. The van der Waals surface area contributed by atoms with Crippen molar-refractivity contribution >= 4 is 16.8 Å². The molecule has 2 aromatic carbocycles. The average molecular weight is 393 g/mol. The number of benzene rings is 2. The lowest BCUT2D eigenvalue weighted by molar-refractivity contribution is -0.121. The monoisotopic (exact) mass is 392 g/mol. The van der Waals surface area contributed by atoms with Crippen LogP contribution in [0.4, 0.5) is 0 Å². The second-order valence-corrected chi connectivity index (χ2v) is 7.53. The highest BCUT2D eigenvalue weighted by Crippen LogP contribution is 2.18. The Bertz CT molecular complexity index is 1050. The predicted molar refractivity (Wildman–Crippen MR) is 116 cm³/mol. The highest BCUT2D eigenvalue weighted by atomic mass is 16.2. The first-order valence-electron chi connectivity index (χ1n) is 9.87. The number of nitrogens with one attached hydrogen (secondary N) is 1. The van der Waals surface area contributed by atoms with Crippen LogP contribution in [0.15, 0.2) is 53.6 Å². The fraction of sp³-hybridized carbons (Fsp3) is 0.348. The molecule has 3 rings (SSSR count). The molecule has 1 aromatic heterocycles. The van der Waals surface area contributed by atoms with Gasteiger partial charge in [0, 0.05) is 6.54 Å². The predicted octanol–water partition coefficient (Wildman–Crippen LogP) is 2.69. The van der Waals surface area contributed by atoms with Crippen molar-refractivity contribution < 1.29 is 4.79 Å². The molecule has 1 atom stereocenters. The molecule has 6 heteroatoms. The minimum Gasteiger partial charge on any atom is -0.353 e. The number of nitrogens with zero attached hydrogens (tertiary/aromatic N) is 3. The van der Waals surface area contributed by atoms with Crippen LogP contribution < -0.4 is 10.9 Å². The van der Waals surface area contributed by atoms with Crippen molar-refractivity contribution in [1.29, 1.82) is 0 Å². The average Bonchev–Trinajstić information content (AvgIpc) is 2.71. The molecule has 152 valence electrons. The second-order valence-electron chi connectivity index (χ2n) is 7.53. The van der Waals surface area contributed by atoms with Gasteiger partial charge >= 0.3 is 0 Å². The highest BCUT2D eigenvalue weighted by molar-refractivity contribution is 5.81. The number of likely N-dealkylation sites (N-methyl/N-ethyl adjacent to an activating group) is 1. The molecule has 1 amide bonds. The normalized spacial score (nSPS) is 12.3. The summed E-state index contributed by atoms with van der Waals surface area (Å²) in [7, 11) is 3.98. The number of fused-ring (bicyclic) bond motifs is 1. The summed E-state index contributed by atoms with van der Waals surface area (Å²) in [6.07, 6.45) is 2.45. The van der Waals surface area contributed by atoms with Crippen molar-refractivity contribution in [2.75, 3.05) is 20.6 Å². The number of amides is 1. The molecule has 6 nitrogen and oxygen atoms in total. The topological polar surface area (TPSA) is 67.2 Å². The van der Waals surface area contributed by atoms with Crippen LogP contribution in [0.2, 0.25) is 0 Å². The molecule has 0 saturated heterocycles. The van der Waals surface area contributed by atoms with E-state index in [4.69, 9.17) is 0 Å². The number of hydrogen-bond donors (Lipinski definition) is 1. The molecule has 0 saturated carbocycles. The summed E-state index contributed by atoms with van der Waals surface area (Å²) in [5.41, 5.74) is 3.85. The molecule has 0 bridgehead atoms. The quantitative estimate of drug-likeness (QED) is 0.671. The van der Waals surface area contributed by atoms with Gasteiger partial charge in [0.1, 0.15) is 6.54 Å². The lowest BCUT2D eigenvalue weighted by atomic mass is 10.0. The van der Waals surface area contributed by atoms with Gasteiger partial charge in [-0.2, -0.15) is 0 Å². The number of para-hydroxylation sites is 1. The number of rotatable bonds is 7. The van der Waals surface area contributed by atoms with E-state index in [9.17, 15) is 9.59 Å². The number of hydrogen-bond acceptors (Lipinski definition) is 4. The van der Waals surface area contributed by atoms with E-state index < -0.39 is 0 Å². The smallest absolute Gasteiger partial charge is 0.261 e. The molecule has 0 aliphatic carbocycles. The molecule has 0 aliphatic rings. The summed E-state index contributed by atoms with van der Waals surface area (Å²) in [5, 5.41) is 3.49. The van der Waals surface area contributed by atoms with E-state index in [0.29, 0.717) is 17.4 Å². The largest absolute Gasteiger partial charge is 0.353 e. The van der Waals surface area contributed by atoms with Gasteiger partial charge in [0.15, 0.2) is 0 Å². The van der Waals surface area contributed by atoms with Crippen molar-refractivity contribution in [3.63, 3.8) is 0 Å². The van der Waals surface area contributed by atoms with Crippen molar-refractivity contribution in [1.82, 2.24) is 19.8 Å². The maximum atomic E-state index is 12.7. The number of aryl methyl sites for hydroxylation is 2. The molecule has 29 heavy (non-hydrogen) atoms. The first kappa shape index (κ1) is 20.7. The maximum Gasteiger partial charge on any atom is 0.261 e. The zero-order valence-corrected chi connectivity index (χ0v) is 17.5. The third-order valence-corrected chi connectivity index (χ3v) is 5.26. The van der Waals surface area contributed by atoms with E-state index in [-0.39, 0.29) is 24.1 Å². The van der Waals surface area contributed by atoms with E-state index >= 15 is 0 Å². The molecule has 0 fully saturated rings. The summed E-state index contributed by atoms with van der Waals surface area (Å²) in [6.45, 7) is 4.46. The van der Waals surface area contributed by atoms with Gasteiger partial charge in [0.05, 0.1) is 23.3 Å². The molecular formula is C23H28N4O2. The summed E-state index contributed by atoms with van der Waals surface area (Å²) in [5.74, 6) is -0.210. The van der Waals surface area contributed by atoms with E-state index in [1.165, 1.54) is 16.5 Å². The fourth-order valence-corrected chi connectivity index (χ4v) is 3.45. The van der Waals surface area contributed by atoms with Crippen molar-refractivity contribution in [3.8, 4) is 0 Å². The van der Waals surface area contributed by atoms with Gasteiger partial charge in [-0.1, -0.05) is 43.3 Å². The van der Waals surface area contributed by atoms with Gasteiger partial charge in [0.2, 0.25) is 5.91 Å². The zero-order chi connectivity index (χ0) is 21.0. The van der Waals surface area contributed by atoms with E-state index in [1.54, 1.807) is 6.07 Å². The number of carbonyl (C=O) groups is 1. The van der Waals surface area contributed by atoms with Gasteiger partial charge in [-0.25, -0.2) is 4.98 Å². The van der Waals surface area contributed by atoms with Gasteiger partial charge < -0.3 is 10.2 Å². The molecule has 0 spiro atoms. The number of carbonyl (C=O) groups excluding carboxylic acids is 1. The molecule has 0 aliphatic heterocycles. The first-order valence-corrected chi connectivity index (χ1v) is 9.87. The van der Waals surface area contributed by atoms with Crippen LogP contribution in [0.25, 0.3) is 10.9 Å². The molecule has 1 N–H and O–H groups in total. The Morgan fingerprint density at radius 1 is 1.17 bits per heavy atom. The van der Waals surface area contributed by atoms with Crippen LogP contribution in [0.5, 0.6) is 0 Å². The maximum absolute atomic E-state index is 12.7. The standard InChI is InChI=1S/C23H28N4O2/c1-5-17-9-11-18(12-10-17)20(26(3)4)13-24-21(28)14-27-15-25-22-16(2)7-6-8-19(22)23(27)29/h6-12,15,20H,5,13-14H2,1-4H3,(H,24,28)/t20-/m1/s1. The summed E-state index contributed by atoms with van der Waals surface area (Å²) >= 11 is 0. The second kappa shape index (κ2) is 9.01. The fourth-order valence-electron chi connectivity index (χ4n) is 3.45. The Kier molecular flexibility index (Phi) is 6.44. The van der Waals surface area contributed by atoms with Crippen LogP contribution in [-0.4, -0.2) is 41.0 Å². The summed E-state index contributed by atoms with van der Waals surface area (Å²) in [4.78, 5) is 31.6. The molecular weight excluding hydrogens is 364 g/mol. The van der Waals surface area contributed by atoms with Crippen molar-refractivity contribution in [2.45, 2.75) is 32.9 Å². The van der Waals surface area contributed by atoms with Crippen LogP contribution in [-0.2, 0) is 17.8 Å². The zero-order valence-electron chi connectivity index (χ0n) is 17.5. The molecule has 0 unspecified atom stereocenters. The summed E-state index contributed by atoms with van der Waals surface area (Å²) in [6, 6.07) is 14.0. The Balaban J connectivity index is 1.70. The van der Waals surface area contributed by atoms with Gasteiger partial charge in [-0.3, -0.25) is 14.2 Å². The van der Waals surface area contributed by atoms with Gasteiger partial charge in [-0.05, 0) is 50.2 Å². The van der Waals surface area contributed by atoms with E-state index in [2.05, 4.69) is 46.4 Å². The van der Waals surface area contributed by atoms with Crippen molar-refractivity contribution in [3.05, 3.63) is 75.8 Å². The highest BCUT2D eigenvalue weighted by Gasteiger charge is 2.16. The molecule has 3 aromatic rings. The Labute approximate surface area is 171 Å². The molecule has 0 radical (unpaired) electrons. The van der Waals surface area contributed by atoms with Gasteiger partial charge in [0.25, 0.3) is 5.56 Å². The van der Waals surface area contributed by atoms with Crippen molar-refractivity contribution in [2.24, 2.45) is 0 Å². The van der Waals surface area contributed by atoms with Gasteiger partial charge in [-0.15, -0.1) is 0 Å². The lowest BCUT2D eigenvalue weighted by Crippen LogP contribution is -2.37. The Hall–Kier alpha value is -2.99. The summed E-state index contributed by atoms with van der Waals surface area (Å²) < 4.78 is 1.36.